The second-order valence-electron chi connectivity index (χ2n) is 3.96. The first-order valence-electron chi connectivity index (χ1n) is 5.64. The van der Waals surface area contributed by atoms with Crippen LogP contribution in [0.3, 0.4) is 0 Å². The molecule has 2 aromatic rings. The van der Waals surface area contributed by atoms with E-state index < -0.39 is 0 Å². The molecule has 0 aliphatic heterocycles. The van der Waals surface area contributed by atoms with Gasteiger partial charge in [-0.2, -0.15) is 0 Å². The van der Waals surface area contributed by atoms with Gasteiger partial charge in [0.05, 0.1) is 13.4 Å². The maximum absolute atomic E-state index is 5.21. The van der Waals surface area contributed by atoms with Crippen molar-refractivity contribution in [2.24, 2.45) is 0 Å². The van der Waals surface area contributed by atoms with Crippen LogP contribution in [0.5, 0.6) is 5.75 Å². The lowest BCUT2D eigenvalue weighted by molar-refractivity contribution is 0.413. The lowest BCUT2D eigenvalue weighted by atomic mass is 10.1. The second kappa shape index (κ2) is 5.50. The number of imidazole rings is 1. The number of aromatic amines is 1. The highest BCUT2D eigenvalue weighted by Crippen LogP contribution is 2.18. The summed E-state index contributed by atoms with van der Waals surface area (Å²) in [5, 5.41) is 3.43. The molecule has 0 unspecified atom stereocenters. The zero-order chi connectivity index (χ0) is 12.1. The van der Waals surface area contributed by atoms with E-state index in [4.69, 9.17) is 4.74 Å². The third-order valence-corrected chi connectivity index (χ3v) is 2.75. The molecule has 0 spiro atoms. The van der Waals surface area contributed by atoms with Crippen LogP contribution in [0, 0.1) is 0 Å². The van der Waals surface area contributed by atoms with Gasteiger partial charge in [-0.15, -0.1) is 0 Å². The van der Waals surface area contributed by atoms with Crippen molar-refractivity contribution >= 4 is 0 Å². The van der Waals surface area contributed by atoms with Crippen LogP contribution < -0.4 is 10.1 Å². The van der Waals surface area contributed by atoms with E-state index in [0.717, 1.165) is 18.0 Å². The average molecular weight is 231 g/mol. The number of nitrogens with zero attached hydrogens (tertiary/aromatic N) is 1. The topological polar surface area (TPSA) is 49.9 Å². The van der Waals surface area contributed by atoms with E-state index in [0.29, 0.717) is 0 Å². The molecule has 0 saturated heterocycles. The van der Waals surface area contributed by atoms with Gasteiger partial charge in [0.15, 0.2) is 0 Å². The standard InChI is InChI=1S/C13H17N3O/c1-10(15-8-12-7-14-9-16-12)11-4-3-5-13(6-11)17-2/h3-7,9-10,15H,8H2,1-2H3,(H,14,16)/t10-/m0/s1. The van der Waals surface area contributed by atoms with Crippen molar-refractivity contribution in [1.29, 1.82) is 0 Å². The van der Waals surface area contributed by atoms with E-state index in [1.165, 1.54) is 5.56 Å². The van der Waals surface area contributed by atoms with E-state index in [1.54, 1.807) is 13.4 Å². The molecule has 4 heteroatoms. The van der Waals surface area contributed by atoms with Crippen molar-refractivity contribution in [2.75, 3.05) is 7.11 Å². The molecule has 1 atom stereocenters. The predicted octanol–water partition coefficient (Wildman–Crippen LogP) is 2.27. The highest BCUT2D eigenvalue weighted by Gasteiger charge is 2.06. The largest absolute Gasteiger partial charge is 0.497 e. The normalized spacial score (nSPS) is 12.4. The molecule has 17 heavy (non-hydrogen) atoms. The molecular weight excluding hydrogens is 214 g/mol. The first kappa shape index (κ1) is 11.7. The Balaban J connectivity index is 1.96. The number of benzene rings is 1. The number of rotatable bonds is 5. The highest BCUT2D eigenvalue weighted by molar-refractivity contribution is 5.30. The van der Waals surface area contributed by atoms with E-state index >= 15 is 0 Å². The van der Waals surface area contributed by atoms with Crippen LogP contribution >= 0.6 is 0 Å². The minimum Gasteiger partial charge on any atom is -0.497 e. The Morgan fingerprint density at radius 2 is 2.35 bits per heavy atom. The van der Waals surface area contributed by atoms with Crippen LogP contribution in [-0.4, -0.2) is 17.1 Å². The van der Waals surface area contributed by atoms with Gasteiger partial charge in [0.2, 0.25) is 0 Å². The summed E-state index contributed by atoms with van der Waals surface area (Å²) < 4.78 is 5.21. The maximum atomic E-state index is 5.21. The van der Waals surface area contributed by atoms with Crippen LogP contribution in [0.15, 0.2) is 36.8 Å². The van der Waals surface area contributed by atoms with E-state index in [9.17, 15) is 0 Å². The van der Waals surface area contributed by atoms with Gasteiger partial charge in [-0.3, -0.25) is 0 Å². The summed E-state index contributed by atoms with van der Waals surface area (Å²) in [4.78, 5) is 7.05. The van der Waals surface area contributed by atoms with Gasteiger partial charge in [-0.1, -0.05) is 12.1 Å². The molecule has 2 N–H and O–H groups in total. The third-order valence-electron chi connectivity index (χ3n) is 2.75. The predicted molar refractivity (Wildman–Crippen MR) is 66.8 cm³/mol. The van der Waals surface area contributed by atoms with Gasteiger partial charge in [-0.25, -0.2) is 4.98 Å². The fraction of sp³-hybridized carbons (Fsp3) is 0.308. The first-order chi connectivity index (χ1) is 8.29. The van der Waals surface area contributed by atoms with Gasteiger partial charge in [0.25, 0.3) is 0 Å². The number of hydrogen-bond donors (Lipinski definition) is 2. The molecule has 1 aromatic carbocycles. The quantitative estimate of drug-likeness (QED) is 0.830. The van der Waals surface area contributed by atoms with Crippen LogP contribution in [0.25, 0.3) is 0 Å². The van der Waals surface area contributed by atoms with Gasteiger partial charge in [-0.05, 0) is 24.6 Å². The summed E-state index contributed by atoms with van der Waals surface area (Å²) in [6, 6.07) is 8.36. The minimum atomic E-state index is 0.272. The number of methoxy groups -OCH3 is 1. The molecule has 4 nitrogen and oxygen atoms in total. The fourth-order valence-corrected chi connectivity index (χ4v) is 1.67. The Bertz CT molecular complexity index is 453. The summed E-state index contributed by atoms with van der Waals surface area (Å²) >= 11 is 0. The molecule has 1 aromatic heterocycles. The van der Waals surface area contributed by atoms with Gasteiger partial charge < -0.3 is 15.0 Å². The van der Waals surface area contributed by atoms with Gasteiger partial charge >= 0.3 is 0 Å². The zero-order valence-corrected chi connectivity index (χ0v) is 10.1. The molecule has 0 fully saturated rings. The number of hydrogen-bond acceptors (Lipinski definition) is 3. The summed E-state index contributed by atoms with van der Waals surface area (Å²) in [6.07, 6.45) is 3.51. The highest BCUT2D eigenvalue weighted by atomic mass is 16.5. The summed E-state index contributed by atoms with van der Waals surface area (Å²) in [7, 11) is 1.68. The molecule has 0 amide bonds. The van der Waals surface area contributed by atoms with Crippen LogP contribution in [0.1, 0.15) is 24.2 Å². The molecule has 0 bridgehead atoms. The Morgan fingerprint density at radius 3 is 3.06 bits per heavy atom. The Morgan fingerprint density at radius 1 is 1.47 bits per heavy atom. The summed E-state index contributed by atoms with van der Waals surface area (Å²) in [5.41, 5.74) is 2.30. The van der Waals surface area contributed by atoms with Crippen molar-refractivity contribution in [2.45, 2.75) is 19.5 Å². The number of aromatic nitrogens is 2. The molecule has 2 rings (SSSR count). The third kappa shape index (κ3) is 3.07. The molecule has 0 saturated carbocycles. The Labute approximate surface area is 101 Å². The maximum Gasteiger partial charge on any atom is 0.119 e. The number of nitrogens with one attached hydrogen (secondary N) is 2. The second-order valence-corrected chi connectivity index (χ2v) is 3.96. The first-order valence-corrected chi connectivity index (χ1v) is 5.64. The monoisotopic (exact) mass is 231 g/mol. The summed E-state index contributed by atoms with van der Waals surface area (Å²) in [5.74, 6) is 0.887. The number of ether oxygens (including phenoxy) is 1. The van der Waals surface area contributed by atoms with E-state index in [1.807, 2.05) is 24.4 Å². The Kier molecular flexibility index (Phi) is 3.77. The molecule has 0 aliphatic rings. The molecule has 1 heterocycles. The van der Waals surface area contributed by atoms with Crippen molar-refractivity contribution in [3.05, 3.63) is 48.0 Å². The van der Waals surface area contributed by atoms with Crippen molar-refractivity contribution in [1.82, 2.24) is 15.3 Å². The molecule has 0 radical (unpaired) electrons. The van der Waals surface area contributed by atoms with Crippen LogP contribution in [-0.2, 0) is 6.54 Å². The van der Waals surface area contributed by atoms with Crippen molar-refractivity contribution in [3.63, 3.8) is 0 Å². The van der Waals surface area contributed by atoms with Gasteiger partial charge in [0.1, 0.15) is 5.75 Å². The SMILES string of the molecule is COc1cccc([C@H](C)NCc2cnc[nH]2)c1. The van der Waals surface area contributed by atoms with Crippen LogP contribution in [0.2, 0.25) is 0 Å². The minimum absolute atomic E-state index is 0.272. The lowest BCUT2D eigenvalue weighted by Crippen LogP contribution is -2.18. The fourth-order valence-electron chi connectivity index (χ4n) is 1.67. The van der Waals surface area contributed by atoms with Crippen molar-refractivity contribution < 1.29 is 4.74 Å². The average Bonchev–Trinajstić information content (AvgIpc) is 2.89. The Hall–Kier alpha value is -1.81. The summed E-state index contributed by atoms with van der Waals surface area (Å²) in [6.45, 7) is 2.91. The van der Waals surface area contributed by atoms with Gasteiger partial charge in [0, 0.05) is 24.5 Å². The zero-order valence-electron chi connectivity index (χ0n) is 10.1. The molecular formula is C13H17N3O. The smallest absolute Gasteiger partial charge is 0.119 e. The number of H-pyrrole nitrogens is 1. The van der Waals surface area contributed by atoms with E-state index in [-0.39, 0.29) is 6.04 Å². The lowest BCUT2D eigenvalue weighted by Gasteiger charge is -2.14. The molecule has 0 aliphatic carbocycles. The van der Waals surface area contributed by atoms with Crippen molar-refractivity contribution in [3.8, 4) is 5.75 Å². The van der Waals surface area contributed by atoms with Crippen LogP contribution in [0.4, 0.5) is 0 Å². The van der Waals surface area contributed by atoms with E-state index in [2.05, 4.69) is 28.3 Å². The molecule has 90 valence electrons.